The Balaban J connectivity index is 2.46. The smallest absolute Gasteiger partial charge is 0.225 e. The maximum absolute atomic E-state index is 11.6. The van der Waals surface area contributed by atoms with Crippen LogP contribution in [0.15, 0.2) is 0 Å². The summed E-state index contributed by atoms with van der Waals surface area (Å²) in [4.78, 5) is 13.5. The topological polar surface area (TPSA) is 29.5 Å². The Bertz CT molecular complexity index is 180. The minimum Gasteiger partial charge on any atom is -0.375 e. The molecular weight excluding hydrogens is 166 g/mol. The summed E-state index contributed by atoms with van der Waals surface area (Å²) in [5.41, 5.74) is 0. The van der Waals surface area contributed by atoms with Crippen LogP contribution in [-0.4, -0.2) is 36.6 Å². The van der Waals surface area contributed by atoms with E-state index in [0.717, 1.165) is 19.5 Å². The van der Waals surface area contributed by atoms with Gasteiger partial charge >= 0.3 is 0 Å². The molecule has 1 amide bonds. The van der Waals surface area contributed by atoms with Gasteiger partial charge in [-0.25, -0.2) is 0 Å². The minimum atomic E-state index is 0.107. The first kappa shape index (κ1) is 10.5. The molecular formula is C10H19NO2. The van der Waals surface area contributed by atoms with E-state index in [1.54, 1.807) is 0 Å². The highest BCUT2D eigenvalue weighted by atomic mass is 16.5. The number of carbonyl (C=O) groups excluding carboxylic acids is 1. The molecule has 1 fully saturated rings. The molecule has 0 aromatic carbocycles. The molecule has 1 heterocycles. The van der Waals surface area contributed by atoms with Crippen LogP contribution in [0.3, 0.4) is 0 Å². The van der Waals surface area contributed by atoms with Crippen molar-refractivity contribution in [1.82, 2.24) is 4.90 Å². The van der Waals surface area contributed by atoms with E-state index in [1.165, 1.54) is 0 Å². The number of nitrogens with zero attached hydrogens (tertiary/aromatic N) is 1. The van der Waals surface area contributed by atoms with Gasteiger partial charge in [-0.1, -0.05) is 20.8 Å². The third-order valence-corrected chi connectivity index (χ3v) is 2.40. The van der Waals surface area contributed by atoms with Gasteiger partial charge in [-0.2, -0.15) is 0 Å². The van der Waals surface area contributed by atoms with Gasteiger partial charge in [-0.15, -0.1) is 0 Å². The van der Waals surface area contributed by atoms with Crippen LogP contribution in [0.25, 0.3) is 0 Å². The van der Waals surface area contributed by atoms with Crippen molar-refractivity contribution in [3.63, 3.8) is 0 Å². The fraction of sp³-hybridized carbons (Fsp3) is 0.900. The third-order valence-electron chi connectivity index (χ3n) is 2.40. The van der Waals surface area contributed by atoms with Gasteiger partial charge in [0.05, 0.1) is 12.7 Å². The molecule has 0 aromatic rings. The zero-order chi connectivity index (χ0) is 9.84. The molecule has 3 heteroatoms. The van der Waals surface area contributed by atoms with E-state index in [1.807, 2.05) is 18.7 Å². The Kier molecular flexibility index (Phi) is 3.72. The van der Waals surface area contributed by atoms with Crippen molar-refractivity contribution < 1.29 is 9.53 Å². The fourth-order valence-corrected chi connectivity index (χ4v) is 1.53. The fourth-order valence-electron chi connectivity index (χ4n) is 1.53. The average molecular weight is 185 g/mol. The molecule has 13 heavy (non-hydrogen) atoms. The van der Waals surface area contributed by atoms with Crippen LogP contribution in [-0.2, 0) is 9.53 Å². The van der Waals surface area contributed by atoms with Gasteiger partial charge in [0.15, 0.2) is 0 Å². The minimum absolute atomic E-state index is 0.107. The molecule has 0 radical (unpaired) electrons. The highest BCUT2D eigenvalue weighted by Gasteiger charge is 2.24. The molecule has 1 aliphatic rings. The first-order valence-electron chi connectivity index (χ1n) is 5.05. The summed E-state index contributed by atoms with van der Waals surface area (Å²) in [5, 5.41) is 0. The Hall–Kier alpha value is -0.570. The molecule has 3 nitrogen and oxygen atoms in total. The summed E-state index contributed by atoms with van der Waals surface area (Å²) >= 11 is 0. The summed E-state index contributed by atoms with van der Waals surface area (Å²) in [6.45, 7) is 8.20. The maximum Gasteiger partial charge on any atom is 0.225 e. The van der Waals surface area contributed by atoms with E-state index in [-0.39, 0.29) is 17.9 Å². The number of carbonyl (C=O) groups is 1. The SMILES string of the molecule is CCC1CN(C(=O)C(C)C)CCO1. The van der Waals surface area contributed by atoms with Gasteiger partial charge < -0.3 is 9.64 Å². The van der Waals surface area contributed by atoms with E-state index in [2.05, 4.69) is 6.92 Å². The van der Waals surface area contributed by atoms with Gasteiger partial charge in [0.2, 0.25) is 5.91 Å². The predicted molar refractivity (Wildman–Crippen MR) is 51.4 cm³/mol. The van der Waals surface area contributed by atoms with E-state index in [0.29, 0.717) is 6.61 Å². The first-order chi connectivity index (χ1) is 6.15. The lowest BCUT2D eigenvalue weighted by Gasteiger charge is -2.33. The van der Waals surface area contributed by atoms with Crippen molar-refractivity contribution in [2.75, 3.05) is 19.7 Å². The number of rotatable bonds is 2. The van der Waals surface area contributed by atoms with Crippen LogP contribution in [0.5, 0.6) is 0 Å². The lowest BCUT2D eigenvalue weighted by atomic mass is 10.1. The summed E-state index contributed by atoms with van der Waals surface area (Å²) < 4.78 is 5.49. The molecule has 0 spiro atoms. The van der Waals surface area contributed by atoms with Gasteiger partial charge in [-0.3, -0.25) is 4.79 Å². The van der Waals surface area contributed by atoms with Crippen LogP contribution in [0.2, 0.25) is 0 Å². The number of hydrogen-bond acceptors (Lipinski definition) is 2. The lowest BCUT2D eigenvalue weighted by molar-refractivity contribution is -0.142. The third kappa shape index (κ3) is 2.69. The molecule has 76 valence electrons. The highest BCUT2D eigenvalue weighted by Crippen LogP contribution is 2.11. The lowest BCUT2D eigenvalue weighted by Crippen LogP contribution is -2.46. The van der Waals surface area contributed by atoms with Crippen molar-refractivity contribution in [3.05, 3.63) is 0 Å². The zero-order valence-corrected chi connectivity index (χ0v) is 8.75. The Labute approximate surface area is 80.1 Å². The van der Waals surface area contributed by atoms with Crippen LogP contribution in [0.4, 0.5) is 0 Å². The van der Waals surface area contributed by atoms with Crippen LogP contribution in [0, 0.1) is 5.92 Å². The van der Waals surface area contributed by atoms with Gasteiger partial charge in [-0.05, 0) is 6.42 Å². The standard InChI is InChI=1S/C10H19NO2/c1-4-9-7-11(5-6-13-9)10(12)8(2)3/h8-9H,4-7H2,1-3H3. The second-order valence-electron chi connectivity index (χ2n) is 3.84. The summed E-state index contributed by atoms with van der Waals surface area (Å²) in [5.74, 6) is 0.359. The van der Waals surface area contributed by atoms with Crippen molar-refractivity contribution in [2.45, 2.75) is 33.3 Å². The second kappa shape index (κ2) is 4.61. The van der Waals surface area contributed by atoms with E-state index < -0.39 is 0 Å². The molecule has 0 saturated carbocycles. The van der Waals surface area contributed by atoms with Gasteiger partial charge in [0, 0.05) is 19.0 Å². The summed E-state index contributed by atoms with van der Waals surface area (Å²) in [7, 11) is 0. The highest BCUT2D eigenvalue weighted by molar-refractivity contribution is 5.78. The molecule has 1 atom stereocenters. The van der Waals surface area contributed by atoms with Crippen molar-refractivity contribution in [1.29, 1.82) is 0 Å². The zero-order valence-electron chi connectivity index (χ0n) is 8.75. The van der Waals surface area contributed by atoms with Crippen LogP contribution >= 0.6 is 0 Å². The largest absolute Gasteiger partial charge is 0.375 e. The maximum atomic E-state index is 11.6. The molecule has 1 aliphatic heterocycles. The number of ether oxygens (including phenoxy) is 1. The molecule has 0 aliphatic carbocycles. The van der Waals surface area contributed by atoms with Crippen LogP contribution < -0.4 is 0 Å². The van der Waals surface area contributed by atoms with Gasteiger partial charge in [0.25, 0.3) is 0 Å². The molecule has 0 bridgehead atoms. The molecule has 1 rings (SSSR count). The normalized spacial score (nSPS) is 23.7. The monoisotopic (exact) mass is 185 g/mol. The van der Waals surface area contributed by atoms with Crippen LogP contribution in [0.1, 0.15) is 27.2 Å². The number of morpholine rings is 1. The van der Waals surface area contributed by atoms with E-state index >= 15 is 0 Å². The Morgan fingerprint density at radius 1 is 1.62 bits per heavy atom. The summed E-state index contributed by atoms with van der Waals surface area (Å²) in [6.07, 6.45) is 1.23. The molecule has 1 saturated heterocycles. The van der Waals surface area contributed by atoms with Crippen molar-refractivity contribution in [3.8, 4) is 0 Å². The number of amides is 1. The Morgan fingerprint density at radius 3 is 2.85 bits per heavy atom. The van der Waals surface area contributed by atoms with Gasteiger partial charge in [0.1, 0.15) is 0 Å². The second-order valence-corrected chi connectivity index (χ2v) is 3.84. The van der Waals surface area contributed by atoms with Crippen molar-refractivity contribution >= 4 is 5.91 Å². The first-order valence-corrected chi connectivity index (χ1v) is 5.05. The average Bonchev–Trinajstić information content (AvgIpc) is 2.16. The van der Waals surface area contributed by atoms with E-state index in [9.17, 15) is 4.79 Å². The summed E-state index contributed by atoms with van der Waals surface area (Å²) in [6, 6.07) is 0. The molecule has 0 N–H and O–H groups in total. The quantitative estimate of drug-likeness (QED) is 0.648. The molecule has 0 aromatic heterocycles. The Morgan fingerprint density at radius 2 is 2.31 bits per heavy atom. The van der Waals surface area contributed by atoms with E-state index in [4.69, 9.17) is 4.74 Å². The number of hydrogen-bond donors (Lipinski definition) is 0. The molecule has 1 unspecified atom stereocenters. The predicted octanol–water partition coefficient (Wildman–Crippen LogP) is 1.28. The van der Waals surface area contributed by atoms with Crippen molar-refractivity contribution in [2.24, 2.45) is 5.92 Å².